The van der Waals surface area contributed by atoms with E-state index in [2.05, 4.69) is 4.72 Å². The number of sulfonamides is 1. The van der Waals surface area contributed by atoms with Crippen LogP contribution in [0.4, 0.5) is 0 Å². The summed E-state index contributed by atoms with van der Waals surface area (Å²) in [7, 11) is -3.80. The van der Waals surface area contributed by atoms with E-state index in [1.54, 1.807) is 6.92 Å². The second kappa shape index (κ2) is 6.31. The third-order valence-electron chi connectivity index (χ3n) is 3.06. The Labute approximate surface area is 122 Å². The molecule has 2 N–H and O–H groups in total. The first kappa shape index (κ1) is 15.6. The lowest BCUT2D eigenvalue weighted by Crippen LogP contribution is -2.36. The summed E-state index contributed by atoms with van der Waals surface area (Å²) in [5.41, 5.74) is 0. The summed E-state index contributed by atoms with van der Waals surface area (Å²) < 4.78 is 37.6. The van der Waals surface area contributed by atoms with Gasteiger partial charge in [0.25, 0.3) is 0 Å². The summed E-state index contributed by atoms with van der Waals surface area (Å²) in [5, 5.41) is 8.77. The van der Waals surface area contributed by atoms with Crippen LogP contribution in [-0.2, 0) is 14.8 Å². The molecule has 7 nitrogen and oxygen atoms in total. The molecule has 1 aliphatic rings. The fourth-order valence-electron chi connectivity index (χ4n) is 1.96. The first-order valence-corrected chi connectivity index (χ1v) is 8.04. The molecule has 1 aromatic rings. The van der Waals surface area contributed by atoms with Crippen molar-refractivity contribution in [3.8, 4) is 11.5 Å². The number of hydrogen-bond donors (Lipinski definition) is 2. The van der Waals surface area contributed by atoms with Crippen LogP contribution in [0.15, 0.2) is 23.1 Å². The lowest BCUT2D eigenvalue weighted by molar-refractivity contribution is -0.137. The average molecular weight is 315 g/mol. The predicted octanol–water partition coefficient (Wildman–Crippen LogP) is 0.989. The second-order valence-corrected chi connectivity index (χ2v) is 6.34. The van der Waals surface area contributed by atoms with Gasteiger partial charge in [-0.2, -0.15) is 0 Å². The molecule has 116 valence electrons. The van der Waals surface area contributed by atoms with Gasteiger partial charge in [0, 0.05) is 12.1 Å². The molecule has 0 fully saturated rings. The molecule has 0 saturated carbocycles. The highest BCUT2D eigenvalue weighted by Crippen LogP contribution is 2.32. The van der Waals surface area contributed by atoms with Gasteiger partial charge < -0.3 is 14.6 Å². The van der Waals surface area contributed by atoms with Crippen LogP contribution >= 0.6 is 0 Å². The number of rotatable bonds is 6. The van der Waals surface area contributed by atoms with E-state index in [0.29, 0.717) is 31.1 Å². The predicted molar refractivity (Wildman–Crippen MR) is 74.1 cm³/mol. The Balaban J connectivity index is 2.20. The van der Waals surface area contributed by atoms with Crippen molar-refractivity contribution in [2.45, 2.75) is 30.7 Å². The quantitative estimate of drug-likeness (QED) is 0.811. The maximum atomic E-state index is 12.3. The number of hydrogen-bond acceptors (Lipinski definition) is 5. The zero-order valence-electron chi connectivity index (χ0n) is 11.5. The molecule has 1 unspecified atom stereocenters. The highest BCUT2D eigenvalue weighted by Gasteiger charge is 2.23. The van der Waals surface area contributed by atoms with Crippen molar-refractivity contribution in [2.24, 2.45) is 0 Å². The monoisotopic (exact) mass is 315 g/mol. The number of nitrogens with one attached hydrogen (secondary N) is 1. The maximum absolute atomic E-state index is 12.3. The number of carboxylic acid groups (broad SMARTS) is 1. The Bertz CT molecular complexity index is 628. The number of ether oxygens (including phenoxy) is 2. The average Bonchev–Trinajstić information content (AvgIpc) is 2.45. The normalized spacial score (nSPS) is 15.5. The van der Waals surface area contributed by atoms with Gasteiger partial charge in [-0.1, -0.05) is 6.92 Å². The first-order chi connectivity index (χ1) is 9.92. The maximum Gasteiger partial charge on any atom is 0.304 e. The molecule has 0 saturated heterocycles. The van der Waals surface area contributed by atoms with E-state index in [1.807, 2.05) is 0 Å². The van der Waals surface area contributed by atoms with E-state index < -0.39 is 22.0 Å². The summed E-state index contributed by atoms with van der Waals surface area (Å²) in [6, 6.07) is 3.66. The fourth-order valence-corrected chi connectivity index (χ4v) is 3.29. The Morgan fingerprint density at radius 2 is 2.00 bits per heavy atom. The van der Waals surface area contributed by atoms with Crippen LogP contribution in [0.2, 0.25) is 0 Å². The van der Waals surface area contributed by atoms with Crippen LogP contribution < -0.4 is 14.2 Å². The molecule has 21 heavy (non-hydrogen) atoms. The zero-order valence-corrected chi connectivity index (χ0v) is 12.4. The molecule has 8 heteroatoms. The van der Waals surface area contributed by atoms with Crippen LogP contribution in [0, 0.1) is 0 Å². The highest BCUT2D eigenvalue weighted by atomic mass is 32.2. The Hall–Kier alpha value is -1.80. The summed E-state index contributed by atoms with van der Waals surface area (Å²) in [5.74, 6) is -0.181. The summed E-state index contributed by atoms with van der Waals surface area (Å²) >= 11 is 0. The van der Waals surface area contributed by atoms with Crippen LogP contribution in [0.1, 0.15) is 19.8 Å². The molecule has 1 aromatic carbocycles. The van der Waals surface area contributed by atoms with Gasteiger partial charge in [0.05, 0.1) is 11.3 Å². The summed E-state index contributed by atoms with van der Waals surface area (Å²) in [4.78, 5) is 10.7. The Morgan fingerprint density at radius 3 is 2.62 bits per heavy atom. The molecule has 1 atom stereocenters. The number of carbonyl (C=O) groups is 1. The van der Waals surface area contributed by atoms with Crippen molar-refractivity contribution in [2.75, 3.05) is 13.2 Å². The largest absolute Gasteiger partial charge is 0.486 e. The molecule has 0 bridgehead atoms. The van der Waals surface area contributed by atoms with Gasteiger partial charge in [-0.15, -0.1) is 0 Å². The fraction of sp³-hybridized carbons (Fsp3) is 0.462. The van der Waals surface area contributed by atoms with Crippen molar-refractivity contribution in [3.05, 3.63) is 18.2 Å². The van der Waals surface area contributed by atoms with Crippen LogP contribution in [-0.4, -0.2) is 38.7 Å². The SMILES string of the molecule is CCC(CC(=O)O)NS(=O)(=O)c1ccc2c(c1)OCCO2. The molecular formula is C13H17NO6S. The van der Waals surface area contributed by atoms with Crippen molar-refractivity contribution in [1.82, 2.24) is 4.72 Å². The minimum atomic E-state index is -3.80. The van der Waals surface area contributed by atoms with E-state index in [-0.39, 0.29) is 11.3 Å². The van der Waals surface area contributed by atoms with Gasteiger partial charge in [0.15, 0.2) is 11.5 Å². The van der Waals surface area contributed by atoms with E-state index in [4.69, 9.17) is 14.6 Å². The third kappa shape index (κ3) is 3.85. The summed E-state index contributed by atoms with van der Waals surface area (Å²) in [6.45, 7) is 2.51. The summed E-state index contributed by atoms with van der Waals surface area (Å²) in [6.07, 6.45) is 0.121. The van der Waals surface area contributed by atoms with E-state index in [9.17, 15) is 13.2 Å². The minimum absolute atomic E-state index is 0.0237. The van der Waals surface area contributed by atoms with Crippen LogP contribution in [0.3, 0.4) is 0 Å². The first-order valence-electron chi connectivity index (χ1n) is 6.56. The van der Waals surface area contributed by atoms with Gasteiger partial charge >= 0.3 is 5.97 Å². The van der Waals surface area contributed by atoms with Gasteiger partial charge in [-0.05, 0) is 18.6 Å². The molecule has 2 rings (SSSR count). The van der Waals surface area contributed by atoms with Gasteiger partial charge in [0.1, 0.15) is 13.2 Å². The molecule has 0 spiro atoms. The standard InChI is InChI=1S/C13H17NO6S/c1-2-9(7-13(15)16)14-21(17,18)10-3-4-11-12(8-10)20-6-5-19-11/h3-4,8-9,14H,2,5-7H2,1H3,(H,15,16). The van der Waals surface area contributed by atoms with Crippen molar-refractivity contribution in [3.63, 3.8) is 0 Å². The molecule has 0 amide bonds. The molecule has 0 radical (unpaired) electrons. The van der Waals surface area contributed by atoms with E-state index in [0.717, 1.165) is 0 Å². The molecule has 1 heterocycles. The number of benzene rings is 1. The molecular weight excluding hydrogens is 298 g/mol. The van der Waals surface area contributed by atoms with Crippen molar-refractivity contribution < 1.29 is 27.8 Å². The Morgan fingerprint density at radius 1 is 1.33 bits per heavy atom. The van der Waals surface area contributed by atoms with Gasteiger partial charge in [-0.3, -0.25) is 4.79 Å². The van der Waals surface area contributed by atoms with Crippen LogP contribution in [0.25, 0.3) is 0 Å². The number of fused-ring (bicyclic) bond motifs is 1. The van der Waals surface area contributed by atoms with Gasteiger partial charge in [-0.25, -0.2) is 13.1 Å². The highest BCUT2D eigenvalue weighted by molar-refractivity contribution is 7.89. The topological polar surface area (TPSA) is 102 Å². The lowest BCUT2D eigenvalue weighted by Gasteiger charge is -2.20. The minimum Gasteiger partial charge on any atom is -0.486 e. The Kier molecular flexibility index (Phi) is 4.69. The van der Waals surface area contributed by atoms with Crippen molar-refractivity contribution in [1.29, 1.82) is 0 Å². The van der Waals surface area contributed by atoms with Crippen LogP contribution in [0.5, 0.6) is 11.5 Å². The van der Waals surface area contributed by atoms with Gasteiger partial charge in [0.2, 0.25) is 10.0 Å². The lowest BCUT2D eigenvalue weighted by atomic mass is 10.2. The zero-order chi connectivity index (χ0) is 15.5. The molecule has 0 aliphatic carbocycles. The second-order valence-electron chi connectivity index (χ2n) is 4.63. The number of aliphatic carboxylic acids is 1. The van der Waals surface area contributed by atoms with E-state index >= 15 is 0 Å². The van der Waals surface area contributed by atoms with Crippen molar-refractivity contribution >= 4 is 16.0 Å². The molecule has 1 aliphatic heterocycles. The number of carboxylic acids is 1. The third-order valence-corrected chi connectivity index (χ3v) is 4.58. The smallest absolute Gasteiger partial charge is 0.304 e. The molecule has 0 aromatic heterocycles. The van der Waals surface area contributed by atoms with E-state index in [1.165, 1.54) is 18.2 Å².